The summed E-state index contributed by atoms with van der Waals surface area (Å²) in [5.41, 5.74) is 1.87. The lowest BCUT2D eigenvalue weighted by Gasteiger charge is -2.35. The standard InChI is InChI=1S/C23H24F2N4O3/c1-15-3-2-4-19(9-15)26-23(32)28-7-5-27(6-8-28)22(31)16-10-21(30)29(14-16)20-12-17(24)11-18(25)13-20/h2-4,9,11-13,16H,5-8,10,14H2,1H3,(H,26,32). The van der Waals surface area contributed by atoms with Crippen molar-refractivity contribution in [2.24, 2.45) is 5.92 Å². The minimum atomic E-state index is -0.775. The first-order valence-corrected chi connectivity index (χ1v) is 10.5. The SMILES string of the molecule is Cc1cccc(NC(=O)N2CCN(C(=O)C3CC(=O)N(c4cc(F)cc(F)c4)C3)CC2)c1. The number of aryl methyl sites for hydroxylation is 1. The molecule has 1 unspecified atom stereocenters. The van der Waals surface area contributed by atoms with Gasteiger partial charge in [0.2, 0.25) is 11.8 Å². The van der Waals surface area contributed by atoms with Gasteiger partial charge in [0, 0.05) is 56.6 Å². The van der Waals surface area contributed by atoms with Crippen molar-refractivity contribution in [1.82, 2.24) is 9.80 Å². The van der Waals surface area contributed by atoms with Crippen LogP contribution in [0.15, 0.2) is 42.5 Å². The van der Waals surface area contributed by atoms with Gasteiger partial charge in [-0.25, -0.2) is 13.6 Å². The number of benzene rings is 2. The molecule has 7 nitrogen and oxygen atoms in total. The minimum absolute atomic E-state index is 0.00890. The third kappa shape index (κ3) is 4.71. The summed E-state index contributed by atoms with van der Waals surface area (Å²) in [7, 11) is 0. The van der Waals surface area contributed by atoms with E-state index in [9.17, 15) is 23.2 Å². The molecule has 2 aliphatic rings. The van der Waals surface area contributed by atoms with Gasteiger partial charge in [-0.1, -0.05) is 12.1 Å². The molecule has 9 heteroatoms. The second kappa shape index (κ2) is 8.94. The first kappa shape index (κ1) is 21.7. The van der Waals surface area contributed by atoms with Gasteiger partial charge in [0.15, 0.2) is 0 Å². The number of hydrogen-bond acceptors (Lipinski definition) is 3. The van der Waals surface area contributed by atoms with E-state index < -0.39 is 17.6 Å². The van der Waals surface area contributed by atoms with Crippen molar-refractivity contribution in [2.45, 2.75) is 13.3 Å². The van der Waals surface area contributed by atoms with Crippen molar-refractivity contribution >= 4 is 29.2 Å². The molecule has 2 aromatic carbocycles. The van der Waals surface area contributed by atoms with Crippen LogP contribution >= 0.6 is 0 Å². The van der Waals surface area contributed by atoms with Crippen molar-refractivity contribution in [3.8, 4) is 0 Å². The Bertz CT molecular complexity index is 1030. The van der Waals surface area contributed by atoms with Crippen LogP contribution in [-0.2, 0) is 9.59 Å². The van der Waals surface area contributed by atoms with Gasteiger partial charge in [0.1, 0.15) is 11.6 Å². The van der Waals surface area contributed by atoms with Gasteiger partial charge < -0.3 is 20.0 Å². The van der Waals surface area contributed by atoms with Crippen LogP contribution in [0, 0.1) is 24.5 Å². The lowest BCUT2D eigenvalue weighted by Crippen LogP contribution is -2.53. The smallest absolute Gasteiger partial charge is 0.321 e. The van der Waals surface area contributed by atoms with E-state index in [2.05, 4.69) is 5.32 Å². The molecule has 2 saturated heterocycles. The Balaban J connectivity index is 1.32. The molecular formula is C23H24F2N4O3. The lowest BCUT2D eigenvalue weighted by atomic mass is 10.1. The van der Waals surface area contributed by atoms with E-state index in [1.54, 1.807) is 9.80 Å². The molecule has 0 radical (unpaired) electrons. The molecule has 2 fully saturated rings. The summed E-state index contributed by atoms with van der Waals surface area (Å²) in [4.78, 5) is 42.4. The fourth-order valence-corrected chi connectivity index (χ4v) is 4.13. The van der Waals surface area contributed by atoms with Crippen LogP contribution in [-0.4, -0.2) is 60.4 Å². The predicted molar refractivity (Wildman–Crippen MR) is 115 cm³/mol. The van der Waals surface area contributed by atoms with Crippen LogP contribution < -0.4 is 10.2 Å². The first-order valence-electron chi connectivity index (χ1n) is 10.5. The Morgan fingerprint density at radius 3 is 2.28 bits per heavy atom. The van der Waals surface area contributed by atoms with Gasteiger partial charge in [0.25, 0.3) is 0 Å². The van der Waals surface area contributed by atoms with Crippen LogP contribution in [0.25, 0.3) is 0 Å². The molecular weight excluding hydrogens is 418 g/mol. The monoisotopic (exact) mass is 442 g/mol. The summed E-state index contributed by atoms with van der Waals surface area (Å²) in [6, 6.07) is 10.2. The number of carbonyl (C=O) groups excluding carboxylic acids is 3. The fraction of sp³-hybridized carbons (Fsp3) is 0.348. The van der Waals surface area contributed by atoms with Crippen molar-refractivity contribution in [2.75, 3.05) is 42.9 Å². The number of halogens is 2. The molecule has 2 heterocycles. The number of nitrogens with one attached hydrogen (secondary N) is 1. The molecule has 168 valence electrons. The van der Waals surface area contributed by atoms with E-state index in [1.165, 1.54) is 4.90 Å². The molecule has 0 aromatic heterocycles. The number of rotatable bonds is 3. The predicted octanol–water partition coefficient (Wildman–Crippen LogP) is 3.00. The van der Waals surface area contributed by atoms with Crippen LogP contribution in [0.5, 0.6) is 0 Å². The number of piperazine rings is 1. The molecule has 32 heavy (non-hydrogen) atoms. The number of amides is 4. The zero-order chi connectivity index (χ0) is 22.8. The van der Waals surface area contributed by atoms with E-state index in [-0.39, 0.29) is 36.5 Å². The van der Waals surface area contributed by atoms with Crippen LogP contribution in [0.1, 0.15) is 12.0 Å². The number of anilines is 2. The van der Waals surface area contributed by atoms with Crippen LogP contribution in [0.4, 0.5) is 25.0 Å². The molecule has 2 aromatic rings. The first-order chi connectivity index (χ1) is 15.3. The highest BCUT2D eigenvalue weighted by Crippen LogP contribution is 2.28. The molecule has 0 aliphatic carbocycles. The maximum Gasteiger partial charge on any atom is 0.321 e. The third-order valence-corrected chi connectivity index (χ3v) is 5.78. The molecule has 1 atom stereocenters. The summed E-state index contributed by atoms with van der Waals surface area (Å²) in [6.45, 7) is 3.50. The zero-order valence-corrected chi connectivity index (χ0v) is 17.7. The topological polar surface area (TPSA) is 73.0 Å². The van der Waals surface area contributed by atoms with E-state index in [0.717, 1.165) is 23.8 Å². The Morgan fingerprint density at radius 2 is 1.62 bits per heavy atom. The van der Waals surface area contributed by atoms with Crippen molar-refractivity contribution in [3.05, 3.63) is 59.7 Å². The summed E-state index contributed by atoms with van der Waals surface area (Å²) in [5, 5.41) is 2.86. The van der Waals surface area contributed by atoms with E-state index in [1.807, 2.05) is 31.2 Å². The Kier molecular flexibility index (Phi) is 6.07. The van der Waals surface area contributed by atoms with E-state index >= 15 is 0 Å². The highest BCUT2D eigenvalue weighted by atomic mass is 19.1. The van der Waals surface area contributed by atoms with Crippen molar-refractivity contribution in [3.63, 3.8) is 0 Å². The maximum absolute atomic E-state index is 13.5. The van der Waals surface area contributed by atoms with Gasteiger partial charge >= 0.3 is 6.03 Å². The molecule has 1 N–H and O–H groups in total. The van der Waals surface area contributed by atoms with Crippen LogP contribution in [0.3, 0.4) is 0 Å². The number of urea groups is 1. The average Bonchev–Trinajstić information content (AvgIpc) is 3.14. The summed E-state index contributed by atoms with van der Waals surface area (Å²) in [6.07, 6.45) is -0.00890. The molecule has 4 rings (SSSR count). The minimum Gasteiger partial charge on any atom is -0.339 e. The second-order valence-electron chi connectivity index (χ2n) is 8.15. The number of nitrogens with zero attached hydrogens (tertiary/aromatic N) is 3. The molecule has 4 amide bonds. The van der Waals surface area contributed by atoms with Crippen molar-refractivity contribution < 1.29 is 23.2 Å². The van der Waals surface area contributed by atoms with Gasteiger partial charge in [0.05, 0.1) is 5.92 Å². The maximum atomic E-state index is 13.5. The van der Waals surface area contributed by atoms with E-state index in [4.69, 9.17) is 0 Å². The van der Waals surface area contributed by atoms with Gasteiger partial charge in [-0.2, -0.15) is 0 Å². The highest BCUT2D eigenvalue weighted by molar-refractivity contribution is 6.00. The Labute approximate surface area is 184 Å². The molecule has 2 aliphatic heterocycles. The molecule has 0 bridgehead atoms. The third-order valence-electron chi connectivity index (χ3n) is 5.78. The quantitative estimate of drug-likeness (QED) is 0.794. The van der Waals surface area contributed by atoms with E-state index in [0.29, 0.717) is 31.9 Å². The summed E-state index contributed by atoms with van der Waals surface area (Å²) < 4.78 is 27.0. The Morgan fingerprint density at radius 1 is 0.969 bits per heavy atom. The fourth-order valence-electron chi connectivity index (χ4n) is 4.13. The van der Waals surface area contributed by atoms with Gasteiger partial charge in [-0.05, 0) is 36.8 Å². The van der Waals surface area contributed by atoms with Gasteiger partial charge in [-0.3, -0.25) is 9.59 Å². The lowest BCUT2D eigenvalue weighted by molar-refractivity contribution is -0.137. The van der Waals surface area contributed by atoms with Crippen molar-refractivity contribution in [1.29, 1.82) is 0 Å². The second-order valence-corrected chi connectivity index (χ2v) is 8.15. The zero-order valence-electron chi connectivity index (χ0n) is 17.7. The largest absolute Gasteiger partial charge is 0.339 e. The number of hydrogen-bond donors (Lipinski definition) is 1. The van der Waals surface area contributed by atoms with Gasteiger partial charge in [-0.15, -0.1) is 0 Å². The number of carbonyl (C=O) groups is 3. The molecule has 0 spiro atoms. The van der Waals surface area contributed by atoms with Crippen LogP contribution in [0.2, 0.25) is 0 Å². The average molecular weight is 442 g/mol. The Hall–Kier alpha value is -3.49. The normalized spacial score (nSPS) is 18.8. The summed E-state index contributed by atoms with van der Waals surface area (Å²) >= 11 is 0. The highest BCUT2D eigenvalue weighted by Gasteiger charge is 2.38. The summed E-state index contributed by atoms with van der Waals surface area (Å²) in [5.74, 6) is -2.66. The molecule has 0 saturated carbocycles.